The third-order valence-electron chi connectivity index (χ3n) is 4.30. The van der Waals surface area contributed by atoms with Crippen LogP contribution in [0.15, 0.2) is 4.99 Å². The van der Waals surface area contributed by atoms with Crippen molar-refractivity contribution in [2.24, 2.45) is 4.99 Å². The van der Waals surface area contributed by atoms with E-state index >= 15 is 0 Å². The molecule has 24 heavy (non-hydrogen) atoms. The van der Waals surface area contributed by atoms with Gasteiger partial charge in [-0.1, -0.05) is 6.42 Å². The Hall–Kier alpha value is -0.860. The van der Waals surface area contributed by atoms with E-state index in [0.29, 0.717) is 19.6 Å². The highest BCUT2D eigenvalue weighted by Crippen LogP contribution is 2.20. The summed E-state index contributed by atoms with van der Waals surface area (Å²) >= 11 is 0. The minimum absolute atomic E-state index is 0.0343. The molecular formula is C16H35N5O2S. The van der Waals surface area contributed by atoms with Gasteiger partial charge in [-0.15, -0.1) is 0 Å². The van der Waals surface area contributed by atoms with Crippen LogP contribution in [0.25, 0.3) is 0 Å². The van der Waals surface area contributed by atoms with Gasteiger partial charge in [-0.3, -0.25) is 9.89 Å². The zero-order valence-corrected chi connectivity index (χ0v) is 16.5. The second kappa shape index (κ2) is 10.2. The van der Waals surface area contributed by atoms with E-state index in [0.717, 1.165) is 25.6 Å². The first-order valence-electron chi connectivity index (χ1n) is 9.05. The second-order valence-corrected chi connectivity index (χ2v) is 8.88. The van der Waals surface area contributed by atoms with Crippen LogP contribution in [0.1, 0.15) is 47.0 Å². The van der Waals surface area contributed by atoms with E-state index in [1.807, 2.05) is 6.92 Å². The Kier molecular flexibility index (Phi) is 9.01. The predicted molar refractivity (Wildman–Crippen MR) is 101 cm³/mol. The molecule has 1 aliphatic rings. The Balaban J connectivity index is 2.48. The van der Waals surface area contributed by atoms with Crippen LogP contribution in [-0.4, -0.2) is 69.8 Å². The van der Waals surface area contributed by atoms with Crippen molar-refractivity contribution < 1.29 is 8.42 Å². The maximum Gasteiger partial charge on any atom is 0.211 e. The van der Waals surface area contributed by atoms with Crippen LogP contribution in [0.3, 0.4) is 0 Å². The van der Waals surface area contributed by atoms with E-state index in [2.05, 4.69) is 34.1 Å². The fourth-order valence-electron chi connectivity index (χ4n) is 2.70. The normalized spacial score (nSPS) is 17.8. The molecule has 1 aliphatic heterocycles. The van der Waals surface area contributed by atoms with Crippen molar-refractivity contribution in [1.29, 1.82) is 0 Å². The minimum atomic E-state index is -3.14. The largest absolute Gasteiger partial charge is 0.357 e. The lowest BCUT2D eigenvalue weighted by molar-refractivity contribution is 0.102. The SMILES string of the molecule is CCNC(=NCC(C)(C)N1CCCCC1)NCCNS(=O)(=O)CC. The van der Waals surface area contributed by atoms with Gasteiger partial charge in [0.1, 0.15) is 0 Å². The number of hydrogen-bond acceptors (Lipinski definition) is 4. The molecule has 0 spiro atoms. The van der Waals surface area contributed by atoms with E-state index in [1.54, 1.807) is 6.92 Å². The Morgan fingerprint density at radius 3 is 2.33 bits per heavy atom. The topological polar surface area (TPSA) is 85.8 Å². The van der Waals surface area contributed by atoms with Gasteiger partial charge in [0, 0.05) is 25.2 Å². The van der Waals surface area contributed by atoms with Crippen molar-refractivity contribution in [3.8, 4) is 0 Å². The first-order valence-corrected chi connectivity index (χ1v) is 10.7. The number of hydrogen-bond donors (Lipinski definition) is 3. The van der Waals surface area contributed by atoms with Crippen LogP contribution >= 0.6 is 0 Å². The fourth-order valence-corrected chi connectivity index (χ4v) is 3.32. The lowest BCUT2D eigenvalue weighted by atomic mass is 9.99. The number of nitrogens with one attached hydrogen (secondary N) is 3. The van der Waals surface area contributed by atoms with E-state index in [4.69, 9.17) is 4.99 Å². The number of sulfonamides is 1. The molecule has 0 saturated carbocycles. The molecule has 8 heteroatoms. The molecule has 142 valence electrons. The molecule has 3 N–H and O–H groups in total. The number of aliphatic imine (C=N–C) groups is 1. The van der Waals surface area contributed by atoms with Crippen molar-refractivity contribution >= 4 is 16.0 Å². The van der Waals surface area contributed by atoms with E-state index in [9.17, 15) is 8.42 Å². The smallest absolute Gasteiger partial charge is 0.211 e. The zero-order chi connectivity index (χ0) is 18.1. The Morgan fingerprint density at radius 1 is 1.08 bits per heavy atom. The summed E-state index contributed by atoms with van der Waals surface area (Å²) in [5, 5.41) is 6.40. The first kappa shape index (κ1) is 21.2. The maximum atomic E-state index is 11.4. The molecule has 0 unspecified atom stereocenters. The summed E-state index contributed by atoms with van der Waals surface area (Å²) in [6.45, 7) is 12.8. The molecule has 1 heterocycles. The van der Waals surface area contributed by atoms with Crippen molar-refractivity contribution in [3.63, 3.8) is 0 Å². The highest BCUT2D eigenvalue weighted by Gasteiger charge is 2.27. The third-order valence-corrected chi connectivity index (χ3v) is 5.70. The molecule has 1 rings (SSSR count). The molecule has 0 aromatic rings. The summed E-state index contributed by atoms with van der Waals surface area (Å²) in [5.41, 5.74) is 0.0343. The van der Waals surface area contributed by atoms with Crippen molar-refractivity contribution in [2.45, 2.75) is 52.5 Å². The molecule has 7 nitrogen and oxygen atoms in total. The number of guanidine groups is 1. The zero-order valence-electron chi connectivity index (χ0n) is 15.7. The summed E-state index contributed by atoms with van der Waals surface area (Å²) in [6, 6.07) is 0. The Bertz CT molecular complexity index is 485. The van der Waals surface area contributed by atoms with Crippen LogP contribution in [0, 0.1) is 0 Å². The van der Waals surface area contributed by atoms with Crippen LogP contribution in [0.5, 0.6) is 0 Å². The molecule has 0 radical (unpaired) electrons. The van der Waals surface area contributed by atoms with E-state index in [-0.39, 0.29) is 11.3 Å². The lowest BCUT2D eigenvalue weighted by Gasteiger charge is -2.40. The molecule has 0 atom stereocenters. The second-order valence-electron chi connectivity index (χ2n) is 6.78. The predicted octanol–water partition coefficient (Wildman–Crippen LogP) is 0.745. The van der Waals surface area contributed by atoms with Gasteiger partial charge in [-0.05, 0) is 53.6 Å². The van der Waals surface area contributed by atoms with Crippen LogP contribution in [0.4, 0.5) is 0 Å². The number of likely N-dealkylation sites (tertiary alicyclic amines) is 1. The first-order chi connectivity index (χ1) is 11.3. The van der Waals surface area contributed by atoms with Gasteiger partial charge < -0.3 is 10.6 Å². The maximum absolute atomic E-state index is 11.4. The number of piperidine rings is 1. The van der Waals surface area contributed by atoms with Gasteiger partial charge in [0.15, 0.2) is 5.96 Å². The Labute approximate surface area is 147 Å². The van der Waals surface area contributed by atoms with Gasteiger partial charge in [-0.25, -0.2) is 13.1 Å². The molecular weight excluding hydrogens is 326 g/mol. The molecule has 1 saturated heterocycles. The lowest BCUT2D eigenvalue weighted by Crippen LogP contribution is -2.50. The van der Waals surface area contributed by atoms with Gasteiger partial charge in [0.05, 0.1) is 12.3 Å². The summed E-state index contributed by atoms with van der Waals surface area (Å²) in [4.78, 5) is 7.20. The molecule has 0 aliphatic carbocycles. The van der Waals surface area contributed by atoms with Gasteiger partial charge in [-0.2, -0.15) is 0 Å². The molecule has 0 aromatic heterocycles. The molecule has 1 fully saturated rings. The summed E-state index contributed by atoms with van der Waals surface area (Å²) in [6.07, 6.45) is 3.86. The highest BCUT2D eigenvalue weighted by molar-refractivity contribution is 7.89. The Morgan fingerprint density at radius 2 is 1.75 bits per heavy atom. The summed E-state index contributed by atoms with van der Waals surface area (Å²) in [5.74, 6) is 0.837. The fraction of sp³-hybridized carbons (Fsp3) is 0.938. The minimum Gasteiger partial charge on any atom is -0.357 e. The van der Waals surface area contributed by atoms with Gasteiger partial charge in [0.25, 0.3) is 0 Å². The average Bonchev–Trinajstić information content (AvgIpc) is 2.57. The average molecular weight is 362 g/mol. The molecule has 0 amide bonds. The summed E-state index contributed by atoms with van der Waals surface area (Å²) in [7, 11) is -3.14. The van der Waals surface area contributed by atoms with E-state index in [1.165, 1.54) is 19.3 Å². The van der Waals surface area contributed by atoms with Gasteiger partial charge in [0.2, 0.25) is 10.0 Å². The van der Waals surface area contributed by atoms with E-state index < -0.39 is 10.0 Å². The molecule has 0 aromatic carbocycles. The molecule has 0 bridgehead atoms. The van der Waals surface area contributed by atoms with Crippen LogP contribution in [0.2, 0.25) is 0 Å². The van der Waals surface area contributed by atoms with Gasteiger partial charge >= 0.3 is 0 Å². The summed E-state index contributed by atoms with van der Waals surface area (Å²) < 4.78 is 25.4. The van der Waals surface area contributed by atoms with Crippen LogP contribution in [-0.2, 0) is 10.0 Å². The monoisotopic (exact) mass is 361 g/mol. The quantitative estimate of drug-likeness (QED) is 0.320. The standard InChI is InChI=1S/C16H35N5O2S/c1-5-17-15(18-10-11-20-24(22,23)6-2)19-14-16(3,4)21-12-8-7-9-13-21/h20H,5-14H2,1-4H3,(H2,17,18,19). The van der Waals surface area contributed by atoms with Crippen molar-refractivity contribution in [3.05, 3.63) is 0 Å². The van der Waals surface area contributed by atoms with Crippen LogP contribution < -0.4 is 15.4 Å². The van der Waals surface area contributed by atoms with Crippen molar-refractivity contribution in [2.75, 3.05) is 45.0 Å². The number of rotatable bonds is 9. The third kappa shape index (κ3) is 7.81. The van der Waals surface area contributed by atoms with Crippen molar-refractivity contribution in [1.82, 2.24) is 20.3 Å². The number of nitrogens with zero attached hydrogens (tertiary/aromatic N) is 2. The highest BCUT2D eigenvalue weighted by atomic mass is 32.2.